The van der Waals surface area contributed by atoms with Gasteiger partial charge in [-0.25, -0.2) is 4.79 Å². The third-order valence-electron chi connectivity index (χ3n) is 4.11. The highest BCUT2D eigenvalue weighted by atomic mass is 16.6. The Morgan fingerprint density at radius 1 is 0.846 bits per heavy atom. The number of hydrogen-bond acceptors (Lipinski definition) is 4. The maximum Gasteiger partial charge on any atom is 0.410 e. The number of nitrogens with zero attached hydrogens (tertiary/aromatic N) is 2. The van der Waals surface area contributed by atoms with Crippen LogP contribution in [0.4, 0.5) is 10.5 Å². The van der Waals surface area contributed by atoms with Crippen molar-refractivity contribution in [2.24, 2.45) is 0 Å². The second kappa shape index (κ2) is 7.68. The number of rotatable bonds is 3. The highest BCUT2D eigenvalue weighted by Crippen LogP contribution is 2.25. The molecule has 3 rings (SSSR count). The van der Waals surface area contributed by atoms with E-state index in [2.05, 4.69) is 17.0 Å². The van der Waals surface area contributed by atoms with E-state index in [0.717, 1.165) is 30.3 Å². The minimum absolute atomic E-state index is 0.233. The number of anilines is 1. The molecule has 0 aromatic heterocycles. The van der Waals surface area contributed by atoms with Crippen LogP contribution in [-0.4, -0.2) is 42.8 Å². The van der Waals surface area contributed by atoms with E-state index in [1.54, 1.807) is 4.90 Å². The summed E-state index contributed by atoms with van der Waals surface area (Å²) in [6, 6.07) is 17.8. The highest BCUT2D eigenvalue weighted by molar-refractivity contribution is 5.68. The van der Waals surface area contributed by atoms with Crippen LogP contribution in [-0.2, 0) is 4.74 Å². The molecular formula is C21H26N2O3. The monoisotopic (exact) mass is 354 g/mol. The molecule has 2 aromatic carbocycles. The predicted octanol–water partition coefficient (Wildman–Crippen LogP) is 4.54. The Labute approximate surface area is 155 Å². The van der Waals surface area contributed by atoms with Gasteiger partial charge in [0.25, 0.3) is 0 Å². The van der Waals surface area contributed by atoms with Crippen molar-refractivity contribution in [2.45, 2.75) is 26.4 Å². The summed E-state index contributed by atoms with van der Waals surface area (Å²) < 4.78 is 11.3. The molecule has 5 nitrogen and oxygen atoms in total. The summed E-state index contributed by atoms with van der Waals surface area (Å²) in [5.74, 6) is 1.64. The molecule has 26 heavy (non-hydrogen) atoms. The lowest BCUT2D eigenvalue weighted by atomic mass is 10.2. The summed E-state index contributed by atoms with van der Waals surface area (Å²) in [6.45, 7) is 8.57. The van der Waals surface area contributed by atoms with Crippen LogP contribution >= 0.6 is 0 Å². The van der Waals surface area contributed by atoms with Crippen LogP contribution in [0.3, 0.4) is 0 Å². The van der Waals surface area contributed by atoms with E-state index in [-0.39, 0.29) is 6.09 Å². The van der Waals surface area contributed by atoms with Gasteiger partial charge in [0.2, 0.25) is 0 Å². The fourth-order valence-electron chi connectivity index (χ4n) is 2.82. The van der Waals surface area contributed by atoms with Gasteiger partial charge in [0, 0.05) is 31.9 Å². The number of piperazine rings is 1. The third-order valence-corrected chi connectivity index (χ3v) is 4.11. The average Bonchev–Trinajstić information content (AvgIpc) is 2.62. The van der Waals surface area contributed by atoms with Gasteiger partial charge in [0.1, 0.15) is 17.1 Å². The molecule has 1 saturated heterocycles. The first-order chi connectivity index (χ1) is 12.4. The molecule has 1 aliphatic heterocycles. The largest absolute Gasteiger partial charge is 0.457 e. The Balaban J connectivity index is 1.54. The normalized spacial score (nSPS) is 14.9. The Bertz CT molecular complexity index is 715. The zero-order chi connectivity index (χ0) is 18.6. The summed E-state index contributed by atoms with van der Waals surface area (Å²) in [4.78, 5) is 16.2. The molecule has 0 saturated carbocycles. The molecule has 0 unspecified atom stereocenters. The van der Waals surface area contributed by atoms with Crippen LogP contribution in [0.1, 0.15) is 20.8 Å². The third kappa shape index (κ3) is 4.91. The number of para-hydroxylation sites is 1. The van der Waals surface area contributed by atoms with Gasteiger partial charge >= 0.3 is 6.09 Å². The SMILES string of the molecule is CC(C)(C)OC(=O)N1CCN(c2ccc(Oc3ccccc3)cc2)CC1. The molecule has 1 fully saturated rings. The Morgan fingerprint density at radius 2 is 1.42 bits per heavy atom. The molecule has 0 bridgehead atoms. The van der Waals surface area contributed by atoms with Gasteiger partial charge in [0.05, 0.1) is 0 Å². The molecule has 0 radical (unpaired) electrons. The minimum Gasteiger partial charge on any atom is -0.457 e. The zero-order valence-corrected chi connectivity index (χ0v) is 15.6. The maximum atomic E-state index is 12.1. The first-order valence-electron chi connectivity index (χ1n) is 8.96. The van der Waals surface area contributed by atoms with Crippen molar-refractivity contribution in [2.75, 3.05) is 31.1 Å². The zero-order valence-electron chi connectivity index (χ0n) is 15.6. The van der Waals surface area contributed by atoms with E-state index >= 15 is 0 Å². The number of benzene rings is 2. The van der Waals surface area contributed by atoms with Gasteiger partial charge < -0.3 is 19.3 Å². The number of carbonyl (C=O) groups is 1. The lowest BCUT2D eigenvalue weighted by molar-refractivity contribution is 0.0240. The second-order valence-corrected chi connectivity index (χ2v) is 7.36. The van der Waals surface area contributed by atoms with Gasteiger partial charge in [0.15, 0.2) is 0 Å². The molecule has 2 aromatic rings. The smallest absolute Gasteiger partial charge is 0.410 e. The van der Waals surface area contributed by atoms with Crippen molar-refractivity contribution in [1.82, 2.24) is 4.90 Å². The van der Waals surface area contributed by atoms with E-state index in [1.807, 2.05) is 63.2 Å². The maximum absolute atomic E-state index is 12.1. The van der Waals surface area contributed by atoms with E-state index in [1.165, 1.54) is 0 Å². The Kier molecular flexibility index (Phi) is 5.35. The molecule has 0 aliphatic carbocycles. The molecule has 0 N–H and O–H groups in total. The summed E-state index contributed by atoms with van der Waals surface area (Å²) in [5.41, 5.74) is 0.678. The molecule has 0 spiro atoms. The van der Waals surface area contributed by atoms with Gasteiger partial charge in [-0.15, -0.1) is 0 Å². The fourth-order valence-corrected chi connectivity index (χ4v) is 2.82. The van der Waals surface area contributed by atoms with E-state index in [0.29, 0.717) is 13.1 Å². The number of amides is 1. The van der Waals surface area contributed by atoms with Crippen molar-refractivity contribution in [1.29, 1.82) is 0 Å². The summed E-state index contributed by atoms with van der Waals surface area (Å²) in [6.07, 6.45) is -0.233. The van der Waals surface area contributed by atoms with Gasteiger partial charge in [-0.2, -0.15) is 0 Å². The van der Waals surface area contributed by atoms with Crippen molar-refractivity contribution < 1.29 is 14.3 Å². The molecule has 0 atom stereocenters. The van der Waals surface area contributed by atoms with Crippen LogP contribution in [0, 0.1) is 0 Å². The summed E-state index contributed by atoms with van der Waals surface area (Å²) >= 11 is 0. The van der Waals surface area contributed by atoms with Crippen LogP contribution < -0.4 is 9.64 Å². The van der Waals surface area contributed by atoms with E-state index in [9.17, 15) is 4.79 Å². The topological polar surface area (TPSA) is 42.0 Å². The van der Waals surface area contributed by atoms with Crippen LogP contribution in [0.15, 0.2) is 54.6 Å². The summed E-state index contributed by atoms with van der Waals surface area (Å²) in [7, 11) is 0. The van der Waals surface area contributed by atoms with Gasteiger partial charge in [-0.1, -0.05) is 18.2 Å². The predicted molar refractivity (Wildman–Crippen MR) is 103 cm³/mol. The molecule has 1 aliphatic rings. The Hall–Kier alpha value is -2.69. The molecule has 1 amide bonds. The van der Waals surface area contributed by atoms with E-state index < -0.39 is 5.60 Å². The van der Waals surface area contributed by atoms with Crippen LogP contribution in [0.2, 0.25) is 0 Å². The standard InChI is InChI=1S/C21H26N2O3/c1-21(2,3)26-20(24)23-15-13-22(14-16-23)17-9-11-19(12-10-17)25-18-7-5-4-6-8-18/h4-12H,13-16H2,1-3H3. The quantitative estimate of drug-likeness (QED) is 0.812. The second-order valence-electron chi connectivity index (χ2n) is 7.36. The van der Waals surface area contributed by atoms with E-state index in [4.69, 9.17) is 9.47 Å². The molecule has 1 heterocycles. The lowest BCUT2D eigenvalue weighted by Gasteiger charge is -2.36. The van der Waals surface area contributed by atoms with Crippen molar-refractivity contribution >= 4 is 11.8 Å². The molecule has 5 heteroatoms. The highest BCUT2D eigenvalue weighted by Gasteiger charge is 2.25. The van der Waals surface area contributed by atoms with Crippen LogP contribution in [0.25, 0.3) is 0 Å². The van der Waals surface area contributed by atoms with Gasteiger partial charge in [-0.05, 0) is 57.2 Å². The average molecular weight is 354 g/mol. The van der Waals surface area contributed by atoms with Crippen LogP contribution in [0.5, 0.6) is 11.5 Å². The lowest BCUT2D eigenvalue weighted by Crippen LogP contribution is -2.50. The molecular weight excluding hydrogens is 328 g/mol. The fraction of sp³-hybridized carbons (Fsp3) is 0.381. The first-order valence-corrected chi connectivity index (χ1v) is 8.96. The minimum atomic E-state index is -0.456. The molecule has 138 valence electrons. The number of hydrogen-bond donors (Lipinski definition) is 0. The number of carbonyl (C=O) groups excluding carboxylic acids is 1. The van der Waals surface area contributed by atoms with Crippen molar-refractivity contribution in [3.05, 3.63) is 54.6 Å². The number of ether oxygens (including phenoxy) is 2. The van der Waals surface area contributed by atoms with Crippen molar-refractivity contribution in [3.63, 3.8) is 0 Å². The van der Waals surface area contributed by atoms with Gasteiger partial charge in [-0.3, -0.25) is 0 Å². The Morgan fingerprint density at radius 3 is 2.00 bits per heavy atom. The first kappa shape index (κ1) is 18.1. The summed E-state index contributed by atoms with van der Waals surface area (Å²) in [5, 5.41) is 0. The van der Waals surface area contributed by atoms with Crippen molar-refractivity contribution in [3.8, 4) is 11.5 Å².